The third-order valence-corrected chi connectivity index (χ3v) is 6.92. The summed E-state index contributed by atoms with van der Waals surface area (Å²) in [6.45, 7) is 2.23. The number of hydrogen-bond acceptors (Lipinski definition) is 6. The zero-order valence-corrected chi connectivity index (χ0v) is 20.2. The minimum absolute atomic E-state index is 0.126. The molecule has 0 aliphatic carbocycles. The zero-order chi connectivity index (χ0) is 23.7. The number of amides is 1. The second kappa shape index (κ2) is 11.8. The largest absolute Gasteiger partial charge is 0.489 e. The number of hydrogen-bond donors (Lipinski definition) is 2. The van der Waals surface area contributed by atoms with Gasteiger partial charge in [-0.25, -0.2) is 8.42 Å². The van der Waals surface area contributed by atoms with E-state index in [1.54, 1.807) is 60.6 Å². The van der Waals surface area contributed by atoms with Crippen LogP contribution in [-0.4, -0.2) is 37.4 Å². The second-order valence-corrected chi connectivity index (χ2v) is 10.1. The molecule has 0 spiro atoms. The Labute approximate surface area is 199 Å². The number of aromatic nitrogens is 1. The lowest BCUT2D eigenvalue weighted by molar-refractivity contribution is -0.117. The molecular weight excluding hydrogens is 458 g/mol. The van der Waals surface area contributed by atoms with Crippen LogP contribution in [0.25, 0.3) is 0 Å². The van der Waals surface area contributed by atoms with Crippen LogP contribution >= 0.6 is 11.8 Å². The molecule has 2 aromatic carbocycles. The van der Waals surface area contributed by atoms with Gasteiger partial charge >= 0.3 is 0 Å². The Kier molecular flexibility index (Phi) is 8.87. The van der Waals surface area contributed by atoms with Gasteiger partial charge in [0.1, 0.15) is 18.4 Å². The molecule has 0 aliphatic rings. The highest BCUT2D eigenvalue weighted by Crippen LogP contribution is 2.20. The van der Waals surface area contributed by atoms with E-state index in [0.29, 0.717) is 30.2 Å². The molecule has 2 N–H and O–H groups in total. The summed E-state index contributed by atoms with van der Waals surface area (Å²) < 4.78 is 34.0. The molecule has 174 valence electrons. The molecule has 3 rings (SSSR count). The van der Waals surface area contributed by atoms with E-state index >= 15 is 0 Å². The number of rotatable bonds is 11. The van der Waals surface area contributed by atoms with Crippen molar-refractivity contribution in [2.45, 2.75) is 30.9 Å². The maximum absolute atomic E-state index is 13.0. The SMILES string of the molecule is CSCCC(NS(=O)(=O)c1ccc(C)cc1)C(=O)Nc1cccc(OCc2cccnc2)c1. The van der Waals surface area contributed by atoms with E-state index in [2.05, 4.69) is 15.0 Å². The zero-order valence-electron chi connectivity index (χ0n) is 18.5. The number of thioether (sulfide) groups is 1. The van der Waals surface area contributed by atoms with Gasteiger partial charge in [0, 0.05) is 29.7 Å². The lowest BCUT2D eigenvalue weighted by Gasteiger charge is -2.19. The Hall–Kier alpha value is -2.88. The van der Waals surface area contributed by atoms with E-state index in [-0.39, 0.29) is 4.90 Å². The third-order valence-electron chi connectivity index (χ3n) is 4.79. The van der Waals surface area contributed by atoms with Gasteiger partial charge in [-0.2, -0.15) is 16.5 Å². The first-order valence-corrected chi connectivity index (χ1v) is 13.3. The molecule has 33 heavy (non-hydrogen) atoms. The van der Waals surface area contributed by atoms with E-state index in [1.807, 2.05) is 25.3 Å². The fourth-order valence-corrected chi connectivity index (χ4v) is 4.70. The van der Waals surface area contributed by atoms with Gasteiger partial charge in [-0.15, -0.1) is 0 Å². The monoisotopic (exact) mass is 485 g/mol. The molecule has 1 atom stereocenters. The highest BCUT2D eigenvalue weighted by atomic mass is 32.2. The summed E-state index contributed by atoms with van der Waals surface area (Å²) in [5.41, 5.74) is 2.40. The average Bonchev–Trinajstić information content (AvgIpc) is 2.81. The lowest BCUT2D eigenvalue weighted by atomic mass is 10.2. The van der Waals surface area contributed by atoms with E-state index in [9.17, 15) is 13.2 Å². The van der Waals surface area contributed by atoms with Gasteiger partial charge in [-0.3, -0.25) is 9.78 Å². The summed E-state index contributed by atoms with van der Waals surface area (Å²) in [6.07, 6.45) is 5.68. The first-order valence-electron chi connectivity index (χ1n) is 10.4. The van der Waals surface area contributed by atoms with Crippen LogP contribution in [0.2, 0.25) is 0 Å². The second-order valence-electron chi connectivity index (χ2n) is 7.44. The summed E-state index contributed by atoms with van der Waals surface area (Å²) in [5.74, 6) is 0.782. The molecule has 9 heteroatoms. The quantitative estimate of drug-likeness (QED) is 0.426. The topological polar surface area (TPSA) is 97.4 Å². The highest BCUT2D eigenvalue weighted by molar-refractivity contribution is 7.98. The Bertz CT molecular complexity index is 1150. The number of sulfonamides is 1. The first kappa shape index (κ1) is 24.8. The number of ether oxygens (including phenoxy) is 1. The van der Waals surface area contributed by atoms with Crippen molar-refractivity contribution < 1.29 is 17.9 Å². The molecule has 1 amide bonds. The molecule has 0 aliphatic heterocycles. The molecule has 0 saturated heterocycles. The van der Waals surface area contributed by atoms with Crippen LogP contribution in [0.5, 0.6) is 5.75 Å². The van der Waals surface area contributed by atoms with Gasteiger partial charge in [0.15, 0.2) is 0 Å². The maximum atomic E-state index is 13.0. The van der Waals surface area contributed by atoms with Crippen molar-refractivity contribution in [2.24, 2.45) is 0 Å². The Balaban J connectivity index is 1.68. The molecule has 1 aromatic heterocycles. The van der Waals surface area contributed by atoms with Crippen LogP contribution in [0.15, 0.2) is 78.0 Å². The summed E-state index contributed by atoms with van der Waals surface area (Å²) in [5, 5.41) is 2.81. The van der Waals surface area contributed by atoms with Crippen molar-refractivity contribution in [2.75, 3.05) is 17.3 Å². The maximum Gasteiger partial charge on any atom is 0.242 e. The average molecular weight is 486 g/mol. The Morgan fingerprint density at radius 2 is 1.91 bits per heavy atom. The number of anilines is 1. The van der Waals surface area contributed by atoms with Gasteiger partial charge in [-0.05, 0) is 55.7 Å². The van der Waals surface area contributed by atoms with Gasteiger partial charge in [0.05, 0.1) is 4.90 Å². The predicted molar refractivity (Wildman–Crippen MR) is 132 cm³/mol. The van der Waals surface area contributed by atoms with Crippen molar-refractivity contribution in [1.82, 2.24) is 9.71 Å². The normalized spacial score (nSPS) is 12.2. The molecule has 1 heterocycles. The van der Waals surface area contributed by atoms with E-state index in [1.165, 1.54) is 12.1 Å². The van der Waals surface area contributed by atoms with Crippen LogP contribution in [0.4, 0.5) is 5.69 Å². The van der Waals surface area contributed by atoms with Crippen molar-refractivity contribution in [1.29, 1.82) is 0 Å². The molecule has 0 saturated carbocycles. The molecule has 0 radical (unpaired) electrons. The van der Waals surface area contributed by atoms with Gasteiger partial charge in [0.25, 0.3) is 0 Å². The van der Waals surface area contributed by atoms with Crippen LogP contribution < -0.4 is 14.8 Å². The molecular formula is C24H27N3O4S2. The summed E-state index contributed by atoms with van der Waals surface area (Å²) in [6, 6.07) is 16.3. The molecule has 3 aromatic rings. The Morgan fingerprint density at radius 1 is 1.12 bits per heavy atom. The fourth-order valence-electron chi connectivity index (χ4n) is 3.00. The highest BCUT2D eigenvalue weighted by Gasteiger charge is 2.25. The van der Waals surface area contributed by atoms with Crippen molar-refractivity contribution in [3.63, 3.8) is 0 Å². The predicted octanol–water partition coefficient (Wildman–Crippen LogP) is 4.01. The van der Waals surface area contributed by atoms with Gasteiger partial charge in [-0.1, -0.05) is 29.8 Å². The number of nitrogens with zero attached hydrogens (tertiary/aromatic N) is 1. The molecule has 0 fully saturated rings. The van der Waals surface area contributed by atoms with Crippen molar-refractivity contribution in [3.8, 4) is 5.75 Å². The number of carbonyl (C=O) groups excluding carboxylic acids is 1. The van der Waals surface area contributed by atoms with Crippen LogP contribution in [-0.2, 0) is 21.4 Å². The number of benzene rings is 2. The summed E-state index contributed by atoms with van der Waals surface area (Å²) in [4.78, 5) is 17.2. The minimum Gasteiger partial charge on any atom is -0.489 e. The molecule has 1 unspecified atom stereocenters. The van der Waals surface area contributed by atoms with E-state index in [4.69, 9.17) is 4.74 Å². The van der Waals surface area contributed by atoms with Crippen LogP contribution in [0.3, 0.4) is 0 Å². The van der Waals surface area contributed by atoms with E-state index < -0.39 is 22.0 Å². The van der Waals surface area contributed by atoms with Gasteiger partial charge < -0.3 is 10.1 Å². The number of carbonyl (C=O) groups is 1. The standard InChI is InChI=1S/C24H27N3O4S2/c1-18-8-10-22(11-9-18)33(29,30)27-23(12-14-32-2)24(28)26-20-6-3-7-21(15-20)31-17-19-5-4-13-25-16-19/h3-11,13,15-16,23,27H,12,14,17H2,1-2H3,(H,26,28). The first-order chi connectivity index (χ1) is 15.9. The summed E-state index contributed by atoms with van der Waals surface area (Å²) in [7, 11) is -3.84. The third kappa shape index (κ3) is 7.59. The molecule has 0 bridgehead atoms. The van der Waals surface area contributed by atoms with Gasteiger partial charge in [0.2, 0.25) is 15.9 Å². The van der Waals surface area contributed by atoms with Crippen molar-refractivity contribution in [3.05, 3.63) is 84.2 Å². The Morgan fingerprint density at radius 3 is 2.61 bits per heavy atom. The lowest BCUT2D eigenvalue weighted by Crippen LogP contribution is -2.44. The smallest absolute Gasteiger partial charge is 0.242 e. The summed E-state index contributed by atoms with van der Waals surface area (Å²) >= 11 is 1.54. The number of aryl methyl sites for hydroxylation is 1. The van der Waals surface area contributed by atoms with Crippen molar-refractivity contribution >= 4 is 33.4 Å². The molecule has 7 nitrogen and oxygen atoms in total. The van der Waals surface area contributed by atoms with E-state index in [0.717, 1.165) is 11.1 Å². The van der Waals surface area contributed by atoms with Crippen LogP contribution in [0, 0.1) is 6.92 Å². The van der Waals surface area contributed by atoms with Crippen LogP contribution in [0.1, 0.15) is 17.5 Å². The number of nitrogens with one attached hydrogen (secondary N) is 2. The fraction of sp³-hybridized carbons (Fsp3) is 0.250. The minimum atomic E-state index is -3.84. The number of pyridine rings is 1.